The second kappa shape index (κ2) is 2.45. The minimum absolute atomic E-state index is 0.209. The molecule has 0 aromatic heterocycles. The zero-order chi connectivity index (χ0) is 8.72. The van der Waals surface area contributed by atoms with Gasteiger partial charge in [0.15, 0.2) is 0 Å². The quantitative estimate of drug-likeness (QED) is 0.437. The van der Waals surface area contributed by atoms with E-state index in [1.165, 1.54) is 0 Å². The van der Waals surface area contributed by atoms with Crippen molar-refractivity contribution in [2.24, 2.45) is 11.7 Å². The van der Waals surface area contributed by atoms with E-state index in [2.05, 4.69) is 10.6 Å². The minimum Gasteiger partial charge on any atom is -0.328 e. The van der Waals surface area contributed by atoms with Gasteiger partial charge in [0.2, 0.25) is 0 Å². The smallest absolute Gasteiger partial charge is 0.322 e. The molecule has 0 radical (unpaired) electrons. The average molecular weight is 169 g/mol. The maximum absolute atomic E-state index is 11.1. The molecule has 1 saturated carbocycles. The molecule has 5 heteroatoms. The van der Waals surface area contributed by atoms with Crippen LogP contribution < -0.4 is 16.4 Å². The van der Waals surface area contributed by atoms with Crippen LogP contribution in [0.5, 0.6) is 0 Å². The lowest BCUT2D eigenvalue weighted by atomic mass is 9.76. The highest BCUT2D eigenvalue weighted by molar-refractivity contribution is 6.04. The summed E-state index contributed by atoms with van der Waals surface area (Å²) in [6, 6.07) is -0.511. The van der Waals surface area contributed by atoms with Crippen LogP contribution in [0.1, 0.15) is 12.8 Å². The number of imide groups is 1. The van der Waals surface area contributed by atoms with E-state index in [0.29, 0.717) is 0 Å². The van der Waals surface area contributed by atoms with Crippen LogP contribution in [0.4, 0.5) is 4.79 Å². The van der Waals surface area contributed by atoms with Crippen LogP contribution in [0.25, 0.3) is 0 Å². The molecular formula is C7H11N3O2. The highest BCUT2D eigenvalue weighted by atomic mass is 16.2. The molecule has 4 N–H and O–H groups in total. The molecule has 0 aromatic carbocycles. The van der Waals surface area contributed by atoms with E-state index in [9.17, 15) is 9.59 Å². The van der Waals surface area contributed by atoms with Crippen molar-refractivity contribution < 1.29 is 9.59 Å². The number of urea groups is 1. The van der Waals surface area contributed by atoms with Crippen molar-refractivity contribution in [3.05, 3.63) is 0 Å². The SMILES string of the molecule is NC1CC(C2NC(=O)NC2=O)C1. The molecule has 1 aliphatic heterocycles. The van der Waals surface area contributed by atoms with Gasteiger partial charge in [0.25, 0.3) is 5.91 Å². The summed E-state index contributed by atoms with van der Waals surface area (Å²) in [5.74, 6) is 0.0309. The standard InChI is InChI=1S/C7H11N3O2/c8-4-1-3(2-4)5-6(11)10-7(12)9-5/h3-5H,1-2,8H2,(H2,9,10,11,12). The van der Waals surface area contributed by atoms with Crippen molar-refractivity contribution >= 4 is 11.9 Å². The summed E-state index contributed by atoms with van der Waals surface area (Å²) in [4.78, 5) is 21.8. The van der Waals surface area contributed by atoms with E-state index in [1.807, 2.05) is 0 Å². The molecule has 3 amide bonds. The van der Waals surface area contributed by atoms with Gasteiger partial charge in [-0.1, -0.05) is 0 Å². The lowest BCUT2D eigenvalue weighted by Gasteiger charge is -2.35. The van der Waals surface area contributed by atoms with E-state index >= 15 is 0 Å². The van der Waals surface area contributed by atoms with Crippen LogP contribution in [0, 0.1) is 5.92 Å². The molecule has 0 aromatic rings. The molecule has 0 bridgehead atoms. The summed E-state index contributed by atoms with van der Waals surface area (Å²) in [7, 11) is 0. The fourth-order valence-corrected chi connectivity index (χ4v) is 1.75. The number of carbonyl (C=O) groups is 2. The van der Waals surface area contributed by atoms with E-state index in [1.54, 1.807) is 0 Å². The van der Waals surface area contributed by atoms with E-state index in [4.69, 9.17) is 5.73 Å². The van der Waals surface area contributed by atoms with Crippen molar-refractivity contribution in [3.8, 4) is 0 Å². The molecule has 1 atom stereocenters. The molecule has 2 fully saturated rings. The third kappa shape index (κ3) is 1.06. The number of hydrogen-bond acceptors (Lipinski definition) is 3. The second-order valence-electron chi connectivity index (χ2n) is 3.43. The van der Waals surface area contributed by atoms with Gasteiger partial charge in [-0.2, -0.15) is 0 Å². The van der Waals surface area contributed by atoms with Gasteiger partial charge < -0.3 is 11.1 Å². The maximum atomic E-state index is 11.1. The zero-order valence-electron chi connectivity index (χ0n) is 6.54. The first kappa shape index (κ1) is 7.54. The zero-order valence-corrected chi connectivity index (χ0v) is 6.54. The van der Waals surface area contributed by atoms with Crippen LogP contribution in [-0.4, -0.2) is 24.0 Å². The monoisotopic (exact) mass is 169 g/mol. The molecule has 0 spiro atoms. The van der Waals surface area contributed by atoms with Crippen LogP contribution in [0.3, 0.4) is 0 Å². The van der Waals surface area contributed by atoms with E-state index in [-0.39, 0.29) is 29.9 Å². The number of amides is 3. The molecule has 1 unspecified atom stereocenters. The highest BCUT2D eigenvalue weighted by Gasteiger charge is 2.41. The normalized spacial score (nSPS) is 40.2. The maximum Gasteiger partial charge on any atom is 0.322 e. The Morgan fingerprint density at radius 1 is 1.33 bits per heavy atom. The minimum atomic E-state index is -0.384. The number of hydrogen-bond donors (Lipinski definition) is 3. The Bertz CT molecular complexity index is 235. The van der Waals surface area contributed by atoms with Crippen molar-refractivity contribution in [3.63, 3.8) is 0 Å². The van der Waals surface area contributed by atoms with Gasteiger partial charge in [0, 0.05) is 6.04 Å². The van der Waals surface area contributed by atoms with Crippen LogP contribution in [-0.2, 0) is 4.79 Å². The molecule has 1 aliphatic carbocycles. The Labute approximate surface area is 69.7 Å². The summed E-state index contributed by atoms with van der Waals surface area (Å²) in [6.07, 6.45) is 1.66. The molecule has 2 rings (SSSR count). The lowest BCUT2D eigenvalue weighted by Crippen LogP contribution is -2.48. The molecular weight excluding hydrogens is 158 g/mol. The Morgan fingerprint density at radius 3 is 2.42 bits per heavy atom. The van der Waals surface area contributed by atoms with Crippen LogP contribution in [0.15, 0.2) is 0 Å². The fraction of sp³-hybridized carbons (Fsp3) is 0.714. The summed E-state index contributed by atoms with van der Waals surface area (Å²) in [5.41, 5.74) is 5.57. The Morgan fingerprint density at radius 2 is 2.00 bits per heavy atom. The first-order valence-corrected chi connectivity index (χ1v) is 4.04. The number of rotatable bonds is 1. The predicted octanol–water partition coefficient (Wildman–Crippen LogP) is -1.07. The summed E-state index contributed by atoms with van der Waals surface area (Å²) < 4.78 is 0. The van der Waals surface area contributed by atoms with Gasteiger partial charge in [-0.3, -0.25) is 10.1 Å². The van der Waals surface area contributed by atoms with Gasteiger partial charge in [0.1, 0.15) is 6.04 Å². The van der Waals surface area contributed by atoms with Crippen LogP contribution >= 0.6 is 0 Å². The van der Waals surface area contributed by atoms with Gasteiger partial charge in [-0.25, -0.2) is 4.79 Å². The van der Waals surface area contributed by atoms with Gasteiger partial charge in [0.05, 0.1) is 0 Å². The first-order chi connectivity index (χ1) is 5.66. The summed E-state index contributed by atoms with van der Waals surface area (Å²) >= 11 is 0. The molecule has 1 heterocycles. The Balaban J connectivity index is 1.97. The third-order valence-electron chi connectivity index (χ3n) is 2.49. The number of carbonyl (C=O) groups excluding carboxylic acids is 2. The molecule has 5 nitrogen and oxygen atoms in total. The number of nitrogens with one attached hydrogen (secondary N) is 2. The van der Waals surface area contributed by atoms with E-state index < -0.39 is 0 Å². The first-order valence-electron chi connectivity index (χ1n) is 4.04. The van der Waals surface area contributed by atoms with E-state index in [0.717, 1.165) is 12.8 Å². The van der Waals surface area contributed by atoms with Crippen molar-refractivity contribution in [2.75, 3.05) is 0 Å². The topological polar surface area (TPSA) is 84.2 Å². The fourth-order valence-electron chi connectivity index (χ4n) is 1.75. The predicted molar refractivity (Wildman–Crippen MR) is 41.2 cm³/mol. The highest BCUT2D eigenvalue weighted by Crippen LogP contribution is 2.29. The van der Waals surface area contributed by atoms with Gasteiger partial charge >= 0.3 is 6.03 Å². The Hall–Kier alpha value is -1.10. The number of nitrogens with two attached hydrogens (primary N) is 1. The molecule has 66 valence electrons. The molecule has 1 saturated heterocycles. The Kier molecular flexibility index (Phi) is 1.54. The lowest BCUT2D eigenvalue weighted by molar-refractivity contribution is -0.122. The van der Waals surface area contributed by atoms with Crippen LogP contribution in [0.2, 0.25) is 0 Å². The summed E-state index contributed by atoms with van der Waals surface area (Å²) in [6.45, 7) is 0. The van der Waals surface area contributed by atoms with Gasteiger partial charge in [-0.05, 0) is 18.8 Å². The second-order valence-corrected chi connectivity index (χ2v) is 3.43. The molecule has 2 aliphatic rings. The molecule has 12 heavy (non-hydrogen) atoms. The van der Waals surface area contributed by atoms with Crippen molar-refractivity contribution in [2.45, 2.75) is 24.9 Å². The summed E-state index contributed by atoms with van der Waals surface area (Å²) in [5, 5.41) is 4.77. The van der Waals surface area contributed by atoms with Crippen molar-refractivity contribution in [1.82, 2.24) is 10.6 Å². The largest absolute Gasteiger partial charge is 0.328 e. The van der Waals surface area contributed by atoms with Gasteiger partial charge in [-0.15, -0.1) is 0 Å². The third-order valence-corrected chi connectivity index (χ3v) is 2.49. The average Bonchev–Trinajstić information content (AvgIpc) is 2.23. The van der Waals surface area contributed by atoms with Crippen molar-refractivity contribution in [1.29, 1.82) is 0 Å².